The van der Waals surface area contributed by atoms with E-state index in [0.717, 1.165) is 5.56 Å². The minimum Gasteiger partial charge on any atom is -0.478 e. The molecule has 0 atom stereocenters. The summed E-state index contributed by atoms with van der Waals surface area (Å²) in [6.07, 6.45) is 0. The van der Waals surface area contributed by atoms with Crippen LogP contribution < -0.4 is 0 Å². The quantitative estimate of drug-likeness (QED) is 0.798. The molecular weight excluding hydrogens is 287 g/mol. The Labute approximate surface area is 124 Å². The first-order chi connectivity index (χ1) is 10.6. The molecule has 0 bridgehead atoms. The van der Waals surface area contributed by atoms with E-state index in [1.807, 2.05) is 0 Å². The molecular formula is C15H11FN4O2. The molecule has 0 saturated carbocycles. The van der Waals surface area contributed by atoms with Gasteiger partial charge in [-0.3, -0.25) is 0 Å². The number of tetrazole rings is 1. The van der Waals surface area contributed by atoms with Gasteiger partial charge in [-0.25, -0.2) is 13.9 Å². The number of benzene rings is 2. The predicted octanol–water partition coefficient (Wildman–Crippen LogP) is 2.23. The fraction of sp³-hybridized carbons (Fsp3) is 0.0667. The molecule has 3 aromatic rings. The highest BCUT2D eigenvalue weighted by molar-refractivity contribution is 5.87. The molecule has 0 unspecified atom stereocenters. The molecule has 0 aliphatic heterocycles. The van der Waals surface area contributed by atoms with Crippen molar-refractivity contribution in [1.29, 1.82) is 0 Å². The van der Waals surface area contributed by atoms with E-state index in [2.05, 4.69) is 15.5 Å². The monoisotopic (exact) mass is 298 g/mol. The minimum atomic E-state index is -0.996. The van der Waals surface area contributed by atoms with Gasteiger partial charge in [0.2, 0.25) is 0 Å². The first-order valence-electron chi connectivity index (χ1n) is 6.48. The van der Waals surface area contributed by atoms with Crippen molar-refractivity contribution in [1.82, 2.24) is 20.2 Å². The smallest absolute Gasteiger partial charge is 0.335 e. The van der Waals surface area contributed by atoms with E-state index in [0.29, 0.717) is 17.9 Å². The summed E-state index contributed by atoms with van der Waals surface area (Å²) in [5, 5.41) is 20.4. The standard InChI is InChI=1S/C15H11FN4O2/c16-13-6-2-4-11(8-13)14-17-18-19-20(14)9-10-3-1-5-12(7-10)15(21)22/h1-8H,9H2,(H,21,22). The summed E-state index contributed by atoms with van der Waals surface area (Å²) in [7, 11) is 0. The SMILES string of the molecule is O=C(O)c1cccc(Cn2nnnc2-c2cccc(F)c2)c1. The number of carboxylic acids is 1. The summed E-state index contributed by atoms with van der Waals surface area (Å²) in [5.41, 5.74) is 1.49. The molecule has 0 aliphatic rings. The second-order valence-corrected chi connectivity index (χ2v) is 4.68. The molecule has 6 nitrogen and oxygen atoms in total. The summed E-state index contributed by atoms with van der Waals surface area (Å²) >= 11 is 0. The van der Waals surface area contributed by atoms with Crippen molar-refractivity contribution in [3.8, 4) is 11.4 Å². The summed E-state index contributed by atoms with van der Waals surface area (Å²) in [6.45, 7) is 0.292. The van der Waals surface area contributed by atoms with Crippen molar-refractivity contribution in [2.45, 2.75) is 6.54 Å². The Morgan fingerprint density at radius 2 is 2.00 bits per heavy atom. The fourth-order valence-corrected chi connectivity index (χ4v) is 2.12. The van der Waals surface area contributed by atoms with E-state index in [1.165, 1.54) is 22.9 Å². The molecule has 110 valence electrons. The second kappa shape index (κ2) is 5.72. The third-order valence-electron chi connectivity index (χ3n) is 3.12. The normalized spacial score (nSPS) is 10.6. The molecule has 7 heteroatoms. The average Bonchev–Trinajstić information content (AvgIpc) is 2.95. The van der Waals surface area contributed by atoms with Gasteiger partial charge in [0.1, 0.15) is 5.82 Å². The van der Waals surface area contributed by atoms with Crippen molar-refractivity contribution in [2.75, 3.05) is 0 Å². The van der Waals surface area contributed by atoms with Gasteiger partial charge in [0.15, 0.2) is 5.82 Å². The number of hydrogen-bond acceptors (Lipinski definition) is 4. The van der Waals surface area contributed by atoms with Gasteiger partial charge >= 0.3 is 5.97 Å². The molecule has 1 aromatic heterocycles. The summed E-state index contributed by atoms with van der Waals surface area (Å²) < 4.78 is 14.8. The van der Waals surface area contributed by atoms with Crippen LogP contribution in [0.2, 0.25) is 0 Å². The van der Waals surface area contributed by atoms with Crippen LogP contribution in [-0.4, -0.2) is 31.3 Å². The zero-order valence-electron chi connectivity index (χ0n) is 11.3. The topological polar surface area (TPSA) is 80.9 Å². The molecule has 1 N–H and O–H groups in total. The van der Waals surface area contributed by atoms with E-state index in [-0.39, 0.29) is 11.4 Å². The lowest BCUT2D eigenvalue weighted by atomic mass is 10.1. The van der Waals surface area contributed by atoms with Crippen LogP contribution in [0, 0.1) is 5.82 Å². The lowest BCUT2D eigenvalue weighted by Crippen LogP contribution is -2.06. The number of carboxylic acid groups (broad SMARTS) is 1. The zero-order valence-corrected chi connectivity index (χ0v) is 11.3. The number of aromatic carboxylic acids is 1. The maximum Gasteiger partial charge on any atom is 0.335 e. The van der Waals surface area contributed by atoms with Crippen LogP contribution >= 0.6 is 0 Å². The van der Waals surface area contributed by atoms with Crippen LogP contribution in [0.25, 0.3) is 11.4 Å². The van der Waals surface area contributed by atoms with Crippen molar-refractivity contribution < 1.29 is 14.3 Å². The molecule has 2 aromatic carbocycles. The Balaban J connectivity index is 1.93. The van der Waals surface area contributed by atoms with Crippen LogP contribution in [-0.2, 0) is 6.54 Å². The number of nitrogens with zero attached hydrogens (tertiary/aromatic N) is 4. The Hall–Kier alpha value is -3.09. The highest BCUT2D eigenvalue weighted by Gasteiger charge is 2.11. The van der Waals surface area contributed by atoms with Crippen LogP contribution in [0.5, 0.6) is 0 Å². The zero-order chi connectivity index (χ0) is 15.5. The molecule has 0 radical (unpaired) electrons. The predicted molar refractivity (Wildman–Crippen MR) is 75.7 cm³/mol. The van der Waals surface area contributed by atoms with E-state index < -0.39 is 5.97 Å². The van der Waals surface area contributed by atoms with E-state index in [4.69, 9.17) is 5.11 Å². The van der Waals surface area contributed by atoms with Gasteiger partial charge < -0.3 is 5.11 Å². The number of rotatable bonds is 4. The van der Waals surface area contributed by atoms with Crippen LogP contribution in [0.4, 0.5) is 4.39 Å². The average molecular weight is 298 g/mol. The van der Waals surface area contributed by atoms with E-state index in [1.54, 1.807) is 30.3 Å². The Kier molecular flexibility index (Phi) is 3.61. The van der Waals surface area contributed by atoms with Crippen molar-refractivity contribution in [2.24, 2.45) is 0 Å². The molecule has 0 saturated heterocycles. The van der Waals surface area contributed by atoms with Gasteiger partial charge in [0.25, 0.3) is 0 Å². The van der Waals surface area contributed by atoms with Gasteiger partial charge in [-0.1, -0.05) is 24.3 Å². The van der Waals surface area contributed by atoms with E-state index >= 15 is 0 Å². The number of aromatic nitrogens is 4. The van der Waals surface area contributed by atoms with Gasteiger partial charge in [0.05, 0.1) is 12.1 Å². The van der Waals surface area contributed by atoms with Crippen molar-refractivity contribution in [3.05, 3.63) is 65.5 Å². The Morgan fingerprint density at radius 3 is 2.77 bits per heavy atom. The molecule has 0 amide bonds. The van der Waals surface area contributed by atoms with Gasteiger partial charge in [-0.05, 0) is 40.3 Å². The molecule has 1 heterocycles. The number of halogens is 1. The fourth-order valence-electron chi connectivity index (χ4n) is 2.12. The number of carbonyl (C=O) groups is 1. The molecule has 22 heavy (non-hydrogen) atoms. The Bertz CT molecular complexity index is 832. The summed E-state index contributed by atoms with van der Waals surface area (Å²) in [5.74, 6) is -0.955. The molecule has 0 spiro atoms. The van der Waals surface area contributed by atoms with Crippen molar-refractivity contribution in [3.63, 3.8) is 0 Å². The summed E-state index contributed by atoms with van der Waals surface area (Å²) in [4.78, 5) is 11.0. The van der Waals surface area contributed by atoms with Crippen LogP contribution in [0.15, 0.2) is 48.5 Å². The van der Waals surface area contributed by atoms with E-state index in [9.17, 15) is 9.18 Å². The van der Waals surface area contributed by atoms with Gasteiger partial charge in [0, 0.05) is 5.56 Å². The third kappa shape index (κ3) is 2.83. The highest BCUT2D eigenvalue weighted by Crippen LogP contribution is 2.18. The third-order valence-corrected chi connectivity index (χ3v) is 3.12. The molecule has 3 rings (SSSR count). The maximum atomic E-state index is 13.3. The highest BCUT2D eigenvalue weighted by atomic mass is 19.1. The first kappa shape index (κ1) is 13.9. The lowest BCUT2D eigenvalue weighted by Gasteiger charge is -2.06. The maximum absolute atomic E-state index is 13.3. The minimum absolute atomic E-state index is 0.192. The largest absolute Gasteiger partial charge is 0.478 e. The van der Waals surface area contributed by atoms with Crippen molar-refractivity contribution >= 4 is 5.97 Å². The lowest BCUT2D eigenvalue weighted by molar-refractivity contribution is 0.0696. The van der Waals surface area contributed by atoms with Crippen LogP contribution in [0.3, 0.4) is 0 Å². The second-order valence-electron chi connectivity index (χ2n) is 4.68. The summed E-state index contributed by atoms with van der Waals surface area (Å²) in [6, 6.07) is 12.5. The molecule has 0 aliphatic carbocycles. The van der Waals surface area contributed by atoms with Crippen LogP contribution in [0.1, 0.15) is 15.9 Å². The van der Waals surface area contributed by atoms with Gasteiger partial charge in [-0.2, -0.15) is 0 Å². The molecule has 0 fully saturated rings. The first-order valence-corrected chi connectivity index (χ1v) is 6.48. The number of hydrogen-bond donors (Lipinski definition) is 1. The van der Waals surface area contributed by atoms with Gasteiger partial charge in [-0.15, -0.1) is 5.10 Å². The Morgan fingerprint density at radius 1 is 1.18 bits per heavy atom.